The van der Waals surface area contributed by atoms with Crippen LogP contribution in [0.5, 0.6) is 0 Å². The molecule has 0 unspecified atom stereocenters. The Kier molecular flexibility index (Phi) is 59.5. The van der Waals surface area contributed by atoms with Crippen molar-refractivity contribution >= 4 is 24.0 Å². The van der Waals surface area contributed by atoms with Gasteiger partial charge in [-0.1, -0.05) is 6.42 Å². The molecule has 0 aliphatic carbocycles. The summed E-state index contributed by atoms with van der Waals surface area (Å²) in [5, 5.41) is 4.86. The predicted molar refractivity (Wildman–Crippen MR) is 134 cm³/mol. The van der Waals surface area contributed by atoms with Crippen molar-refractivity contribution in [2.75, 3.05) is 47.6 Å². The van der Waals surface area contributed by atoms with Crippen LogP contribution in [0, 0.1) is 36.1 Å². The maximum atomic E-state index is 11.5. The highest BCUT2D eigenvalue weighted by molar-refractivity contribution is 5.75. The lowest BCUT2D eigenvalue weighted by atomic mass is 10.2. The van der Waals surface area contributed by atoms with Gasteiger partial charge < -0.3 is 15.4 Å². The third-order valence-corrected chi connectivity index (χ3v) is 3.12. The Balaban J connectivity index is -0.000000137. The molecule has 2 amide bonds. The van der Waals surface area contributed by atoms with E-state index in [1.165, 1.54) is 12.2 Å². The summed E-state index contributed by atoms with van der Waals surface area (Å²) in [5.74, 6) is 8.54. The number of hydrogen-bond donors (Lipinski definition) is 2. The number of amides is 2. The molecule has 41 heavy (non-hydrogen) atoms. The Hall–Kier alpha value is -4.16. The minimum atomic E-state index is -1.35. The van der Waals surface area contributed by atoms with Crippen LogP contribution in [0.3, 0.4) is 0 Å². The molecule has 232 valence electrons. The fraction of sp³-hybridized carbons (Fsp3) is 0.583. The molecule has 0 atom stereocenters. The van der Waals surface area contributed by atoms with Gasteiger partial charge in [-0.2, -0.15) is 14.9 Å². The summed E-state index contributed by atoms with van der Waals surface area (Å²) in [4.78, 5) is 51.5. The zero-order valence-corrected chi connectivity index (χ0v) is 22.3. The average molecular weight is 603 g/mol. The number of hydrogen-bond acceptors (Lipinski definition) is 9. The molecular weight excluding hydrogens is 570 g/mol. The molecule has 17 heteroatoms. The molecule has 0 saturated heterocycles. The van der Waals surface area contributed by atoms with Gasteiger partial charge in [0.25, 0.3) is 0 Å². The summed E-state index contributed by atoms with van der Waals surface area (Å²) < 4.78 is 67.8. The number of halogens is 6. The van der Waals surface area contributed by atoms with E-state index in [-0.39, 0.29) is 31.6 Å². The molecule has 0 radical (unpaired) electrons. The maximum Gasteiger partial charge on any atom is 0.249 e. The lowest BCUT2D eigenvalue weighted by Gasteiger charge is -1.98. The lowest BCUT2D eigenvalue weighted by molar-refractivity contribution is -0.221. The summed E-state index contributed by atoms with van der Waals surface area (Å²) >= 11 is 0. The molecule has 0 rings (SSSR count). The lowest BCUT2D eigenvalue weighted by Crippen LogP contribution is -2.22. The number of carbonyl (C=O) groups is 2. The summed E-state index contributed by atoms with van der Waals surface area (Å²) in [7, 11) is 1.61. The van der Waals surface area contributed by atoms with Crippen molar-refractivity contribution in [2.24, 2.45) is 9.98 Å². The van der Waals surface area contributed by atoms with Gasteiger partial charge >= 0.3 is 0 Å². The largest absolute Gasteiger partial charge is 0.359 e. The van der Waals surface area contributed by atoms with Gasteiger partial charge in [-0.05, 0) is 46.6 Å². The molecule has 2 N–H and O–H groups in total. The number of carbonyl (C=O) groups excluding carboxylic acids is 4. The first-order valence-corrected chi connectivity index (χ1v) is 11.2. The van der Waals surface area contributed by atoms with Crippen molar-refractivity contribution in [1.29, 1.82) is 0 Å². The van der Waals surface area contributed by atoms with Crippen LogP contribution in [-0.4, -0.2) is 71.6 Å². The van der Waals surface area contributed by atoms with Crippen molar-refractivity contribution in [3.05, 3.63) is 0 Å². The number of aliphatic imine (C=N–C) groups is 2. The summed E-state index contributed by atoms with van der Waals surface area (Å²) in [6, 6.07) is 2.05. The summed E-state index contributed by atoms with van der Waals surface area (Å²) in [6.07, 6.45) is 11.2. The first kappa shape index (κ1) is 46.7. The molecule has 0 fully saturated rings. The molecule has 0 bridgehead atoms. The number of terminal acetylenes is 1. The van der Waals surface area contributed by atoms with Crippen molar-refractivity contribution in [1.82, 2.24) is 10.6 Å². The highest BCUT2D eigenvalue weighted by Crippen LogP contribution is 1.99. The monoisotopic (exact) mass is 602 g/mol. The van der Waals surface area contributed by atoms with Gasteiger partial charge in [-0.25, -0.2) is 18.4 Å². The number of nitrogens with zero attached hydrogens (tertiary/aromatic N) is 2. The van der Waals surface area contributed by atoms with Crippen LogP contribution < -0.4 is 10.6 Å². The molecule has 0 saturated carbocycles. The molecule has 0 spiro atoms. The number of nitrogens with one attached hydrogen (secondary N) is 2. The second kappa shape index (κ2) is 52.3. The van der Waals surface area contributed by atoms with Gasteiger partial charge in [0, 0.05) is 31.7 Å². The molecule has 0 heterocycles. The van der Waals surface area contributed by atoms with Gasteiger partial charge in [0.1, 0.15) is 6.67 Å². The Labute approximate surface area is 234 Å². The molecule has 0 aliphatic rings. The van der Waals surface area contributed by atoms with E-state index in [4.69, 9.17) is 6.42 Å². The van der Waals surface area contributed by atoms with E-state index >= 15 is 0 Å². The number of ether oxygens (including phenoxy) is 1. The fourth-order valence-corrected chi connectivity index (χ4v) is 1.52. The van der Waals surface area contributed by atoms with Crippen molar-refractivity contribution in [3.8, 4) is 36.1 Å². The van der Waals surface area contributed by atoms with Crippen LogP contribution in [0.2, 0.25) is 0 Å². The Morgan fingerprint density at radius 3 is 1.83 bits per heavy atom. The standard InChI is InChI=1S/C7H11FN2O2.C7H14FNO.C7HNO.C2H4F2O2.CH2F2O/c8-4-2-1-3-7(12)10-5-9-6-11;1-9-7(10)5-3-2-4-6-8;1-2-3-4-5-6-8-7-9;3-1-5-2-6-4;2-1-4-3/h1-5H2,(H,10,12);2-6H2,1H3,(H,9,10);1H;1-2H2;1H2. The zero-order valence-electron chi connectivity index (χ0n) is 22.3. The van der Waals surface area contributed by atoms with Crippen LogP contribution in [-0.2, 0) is 33.8 Å². The van der Waals surface area contributed by atoms with E-state index in [0.717, 1.165) is 12.8 Å². The molecule has 11 nitrogen and oxygen atoms in total. The summed E-state index contributed by atoms with van der Waals surface area (Å²) in [5.41, 5.74) is 0. The highest BCUT2D eigenvalue weighted by atomic mass is 19.3. The summed E-state index contributed by atoms with van der Waals surface area (Å²) in [6.45, 7) is -3.70. The van der Waals surface area contributed by atoms with E-state index < -0.39 is 27.2 Å². The first-order chi connectivity index (χ1) is 19.9. The van der Waals surface area contributed by atoms with Crippen molar-refractivity contribution < 1.29 is 60.4 Å². The fourth-order valence-electron chi connectivity index (χ4n) is 1.52. The van der Waals surface area contributed by atoms with Crippen LogP contribution in [0.25, 0.3) is 0 Å². The van der Waals surface area contributed by atoms with E-state index in [9.17, 15) is 45.8 Å². The van der Waals surface area contributed by atoms with Crippen LogP contribution in [0.1, 0.15) is 44.9 Å². The number of rotatable bonds is 15. The van der Waals surface area contributed by atoms with Gasteiger partial charge in [-0.15, -0.1) is 11.4 Å². The van der Waals surface area contributed by atoms with Crippen LogP contribution >= 0.6 is 0 Å². The SMILES string of the molecule is C#CC#CC#CN=C=O.CNC(=O)CCCCCF.FCOCOF.FCOF.O=C=NCNC(=O)CCCCF. The van der Waals surface area contributed by atoms with Gasteiger partial charge in [0.05, 0.1) is 19.4 Å². The predicted octanol–water partition coefficient (Wildman–Crippen LogP) is 3.32. The maximum absolute atomic E-state index is 11.5. The second-order valence-electron chi connectivity index (χ2n) is 5.92. The number of alkyl halides is 4. The second-order valence-corrected chi connectivity index (χ2v) is 5.92. The highest BCUT2D eigenvalue weighted by Gasteiger charge is 1.98. The molecule has 0 aromatic heterocycles. The Morgan fingerprint density at radius 2 is 1.39 bits per heavy atom. The third kappa shape index (κ3) is 72.2. The van der Waals surface area contributed by atoms with E-state index in [0.29, 0.717) is 25.7 Å². The molecule has 0 aliphatic heterocycles. The van der Waals surface area contributed by atoms with E-state index in [1.807, 2.05) is 5.92 Å². The molecular formula is C24H32F6N4O7. The molecule has 0 aromatic carbocycles. The van der Waals surface area contributed by atoms with Crippen LogP contribution in [0.15, 0.2) is 9.98 Å². The van der Waals surface area contributed by atoms with Crippen molar-refractivity contribution in [2.45, 2.75) is 44.9 Å². The quantitative estimate of drug-likeness (QED) is 0.0731. The van der Waals surface area contributed by atoms with E-state index in [2.05, 4.69) is 59.0 Å². The zero-order chi connectivity index (χ0) is 32.2. The van der Waals surface area contributed by atoms with E-state index in [1.54, 1.807) is 7.05 Å². The van der Waals surface area contributed by atoms with Crippen molar-refractivity contribution in [3.63, 3.8) is 0 Å². The van der Waals surface area contributed by atoms with Gasteiger partial charge in [0.2, 0.25) is 30.8 Å². The number of unbranched alkanes of at least 4 members (excludes halogenated alkanes) is 3. The first-order valence-electron chi connectivity index (χ1n) is 11.2. The molecule has 0 aromatic rings. The third-order valence-electron chi connectivity index (χ3n) is 3.12. The smallest absolute Gasteiger partial charge is 0.249 e. The minimum absolute atomic E-state index is 0.0406. The topological polar surface area (TPSA) is 145 Å². The number of isocyanates is 2. The Bertz CT molecular complexity index is 853. The van der Waals surface area contributed by atoms with Gasteiger partial charge in [0.15, 0.2) is 13.7 Å². The normalized spacial score (nSPS) is 7.76. The Morgan fingerprint density at radius 1 is 0.805 bits per heavy atom. The minimum Gasteiger partial charge on any atom is -0.359 e. The average Bonchev–Trinajstić information content (AvgIpc) is 2.99. The van der Waals surface area contributed by atoms with Gasteiger partial charge in [-0.3, -0.25) is 18.4 Å². The van der Waals surface area contributed by atoms with Crippen LogP contribution in [0.4, 0.5) is 26.6 Å².